The zero-order valence-electron chi connectivity index (χ0n) is 15.8. The van der Waals surface area contributed by atoms with Crippen LogP contribution in [0.4, 0.5) is 4.39 Å². The molecule has 4 aromatic rings. The van der Waals surface area contributed by atoms with Crippen molar-refractivity contribution in [2.45, 2.75) is 12.5 Å². The summed E-state index contributed by atoms with van der Waals surface area (Å²) >= 11 is 1.71. The molecular formula is C22H20FN3O2S. The summed E-state index contributed by atoms with van der Waals surface area (Å²) in [5.74, 6) is 1.68. The molecule has 0 radical (unpaired) electrons. The third kappa shape index (κ3) is 4.35. The van der Waals surface area contributed by atoms with E-state index in [1.54, 1.807) is 36.0 Å². The van der Waals surface area contributed by atoms with E-state index in [-0.39, 0.29) is 23.5 Å². The molecule has 7 heteroatoms. The fourth-order valence-corrected chi connectivity index (χ4v) is 3.58. The molecule has 2 aromatic heterocycles. The lowest BCUT2D eigenvalue weighted by Gasteiger charge is -2.15. The first-order valence-corrected chi connectivity index (χ1v) is 10.6. The number of hydrogen-bond donors (Lipinski definition) is 2. The number of para-hydroxylation sites is 2. The number of nitrogens with one attached hydrogen (secondary N) is 2. The molecule has 5 nitrogen and oxygen atoms in total. The average molecular weight is 409 g/mol. The minimum absolute atomic E-state index is 0.203. The van der Waals surface area contributed by atoms with Gasteiger partial charge < -0.3 is 14.7 Å². The van der Waals surface area contributed by atoms with Gasteiger partial charge in [-0.05, 0) is 67.0 Å². The van der Waals surface area contributed by atoms with E-state index in [4.69, 9.17) is 4.42 Å². The van der Waals surface area contributed by atoms with Crippen LogP contribution in [0.25, 0.3) is 22.4 Å². The highest BCUT2D eigenvalue weighted by molar-refractivity contribution is 7.98. The summed E-state index contributed by atoms with van der Waals surface area (Å²) in [5.41, 5.74) is 2.51. The first kappa shape index (κ1) is 19.3. The number of H-pyrrole nitrogens is 1. The maximum Gasteiger partial charge on any atom is 0.287 e. The number of rotatable bonds is 7. The second-order valence-electron chi connectivity index (χ2n) is 6.62. The van der Waals surface area contributed by atoms with Crippen molar-refractivity contribution >= 4 is 28.7 Å². The number of fused-ring (bicyclic) bond motifs is 1. The predicted octanol–water partition coefficient (Wildman–Crippen LogP) is 5.19. The van der Waals surface area contributed by atoms with Gasteiger partial charge in [-0.1, -0.05) is 12.1 Å². The van der Waals surface area contributed by atoms with Gasteiger partial charge in [-0.3, -0.25) is 4.79 Å². The summed E-state index contributed by atoms with van der Waals surface area (Å²) in [7, 11) is 0. The monoisotopic (exact) mass is 409 g/mol. The number of carbonyl (C=O) groups excluding carboxylic acids is 1. The molecule has 29 heavy (non-hydrogen) atoms. The Hall–Kier alpha value is -3.06. The second-order valence-corrected chi connectivity index (χ2v) is 7.60. The molecule has 1 atom stereocenters. The zero-order chi connectivity index (χ0) is 20.2. The number of benzene rings is 2. The molecule has 1 amide bonds. The van der Waals surface area contributed by atoms with Gasteiger partial charge in [0.25, 0.3) is 5.91 Å². The highest BCUT2D eigenvalue weighted by Gasteiger charge is 2.21. The van der Waals surface area contributed by atoms with Crippen LogP contribution < -0.4 is 5.32 Å². The van der Waals surface area contributed by atoms with Crippen LogP contribution in [0.5, 0.6) is 0 Å². The van der Waals surface area contributed by atoms with E-state index >= 15 is 0 Å². The number of nitrogens with zero attached hydrogens (tertiary/aromatic N) is 1. The van der Waals surface area contributed by atoms with Crippen LogP contribution in [0.15, 0.2) is 65.1 Å². The Bertz CT molecular complexity index is 1090. The molecule has 2 N–H and O–H groups in total. The lowest BCUT2D eigenvalue weighted by Crippen LogP contribution is -2.29. The maximum absolute atomic E-state index is 13.1. The number of carbonyl (C=O) groups is 1. The van der Waals surface area contributed by atoms with Gasteiger partial charge in [0.1, 0.15) is 17.4 Å². The zero-order valence-corrected chi connectivity index (χ0v) is 16.6. The Morgan fingerprint density at radius 3 is 2.72 bits per heavy atom. The smallest absolute Gasteiger partial charge is 0.287 e. The Balaban J connectivity index is 1.54. The van der Waals surface area contributed by atoms with Gasteiger partial charge in [-0.15, -0.1) is 0 Å². The van der Waals surface area contributed by atoms with Crippen LogP contribution >= 0.6 is 11.8 Å². The topological polar surface area (TPSA) is 70.9 Å². The minimum atomic E-state index is -0.319. The van der Waals surface area contributed by atoms with Crippen molar-refractivity contribution in [3.05, 3.63) is 78.1 Å². The van der Waals surface area contributed by atoms with E-state index < -0.39 is 0 Å². The summed E-state index contributed by atoms with van der Waals surface area (Å²) in [5, 5.41) is 3.02. The molecule has 0 spiro atoms. The van der Waals surface area contributed by atoms with Crippen molar-refractivity contribution in [3.8, 4) is 11.3 Å². The molecule has 0 bridgehead atoms. The van der Waals surface area contributed by atoms with E-state index in [2.05, 4.69) is 15.3 Å². The molecular weight excluding hydrogens is 389 g/mol. The van der Waals surface area contributed by atoms with E-state index in [1.165, 1.54) is 12.1 Å². The Kier molecular flexibility index (Phi) is 5.67. The third-order valence-corrected chi connectivity index (χ3v) is 5.26. The highest BCUT2D eigenvalue weighted by Crippen LogP contribution is 2.24. The number of halogens is 1. The largest absolute Gasteiger partial charge is 0.451 e. The fraction of sp³-hybridized carbons (Fsp3) is 0.182. The molecule has 2 aromatic carbocycles. The molecule has 148 valence electrons. The maximum atomic E-state index is 13.1. The predicted molar refractivity (Wildman–Crippen MR) is 113 cm³/mol. The number of imidazole rings is 1. The highest BCUT2D eigenvalue weighted by atomic mass is 32.2. The van der Waals surface area contributed by atoms with Gasteiger partial charge in [0.2, 0.25) is 0 Å². The summed E-state index contributed by atoms with van der Waals surface area (Å²) in [6, 6.07) is 16.8. The molecule has 0 unspecified atom stereocenters. The van der Waals surface area contributed by atoms with Crippen LogP contribution in [0, 0.1) is 5.82 Å². The Labute approximate surface area is 171 Å². The van der Waals surface area contributed by atoms with E-state index in [0.29, 0.717) is 11.3 Å². The number of furan rings is 1. The Morgan fingerprint density at radius 1 is 1.17 bits per heavy atom. The van der Waals surface area contributed by atoms with Gasteiger partial charge in [-0.2, -0.15) is 11.8 Å². The van der Waals surface area contributed by atoms with Crippen molar-refractivity contribution < 1.29 is 13.6 Å². The summed E-state index contributed by atoms with van der Waals surface area (Å²) in [4.78, 5) is 20.7. The minimum Gasteiger partial charge on any atom is -0.451 e. The normalized spacial score (nSPS) is 12.2. The average Bonchev–Trinajstić information content (AvgIpc) is 3.39. The van der Waals surface area contributed by atoms with Gasteiger partial charge >= 0.3 is 0 Å². The SMILES string of the molecule is CSCC[C@@H](NC(=O)c1ccc(-c2ccc(F)cc2)o1)c1nc2ccccc2[nH]1. The van der Waals surface area contributed by atoms with Crippen molar-refractivity contribution in [2.75, 3.05) is 12.0 Å². The van der Waals surface area contributed by atoms with Crippen molar-refractivity contribution in [1.29, 1.82) is 0 Å². The third-order valence-electron chi connectivity index (χ3n) is 4.61. The number of thioether (sulfide) groups is 1. The van der Waals surface area contributed by atoms with Crippen molar-refractivity contribution in [3.63, 3.8) is 0 Å². The first-order chi connectivity index (χ1) is 14.1. The number of amides is 1. The van der Waals surface area contributed by atoms with E-state index in [0.717, 1.165) is 29.0 Å². The van der Waals surface area contributed by atoms with Gasteiger partial charge in [0, 0.05) is 5.56 Å². The van der Waals surface area contributed by atoms with Crippen LogP contribution in [-0.2, 0) is 0 Å². The van der Waals surface area contributed by atoms with E-state index in [1.807, 2.05) is 30.5 Å². The lowest BCUT2D eigenvalue weighted by molar-refractivity contribution is 0.0907. The molecule has 0 aliphatic rings. The van der Waals surface area contributed by atoms with Crippen LogP contribution in [0.1, 0.15) is 28.8 Å². The molecule has 0 saturated heterocycles. The Morgan fingerprint density at radius 2 is 1.97 bits per heavy atom. The quantitative estimate of drug-likeness (QED) is 0.441. The van der Waals surface area contributed by atoms with Gasteiger partial charge in [0.05, 0.1) is 17.1 Å². The summed E-state index contributed by atoms with van der Waals surface area (Å²) in [6.07, 6.45) is 2.76. The van der Waals surface area contributed by atoms with Crippen molar-refractivity contribution in [2.24, 2.45) is 0 Å². The summed E-state index contributed by atoms with van der Waals surface area (Å²) in [6.45, 7) is 0. The lowest BCUT2D eigenvalue weighted by atomic mass is 10.2. The molecule has 0 saturated carbocycles. The molecule has 0 aliphatic heterocycles. The second kappa shape index (κ2) is 8.53. The molecule has 4 rings (SSSR count). The summed E-state index contributed by atoms with van der Waals surface area (Å²) < 4.78 is 18.8. The van der Waals surface area contributed by atoms with E-state index in [9.17, 15) is 9.18 Å². The molecule has 0 fully saturated rings. The van der Waals surface area contributed by atoms with Crippen molar-refractivity contribution in [1.82, 2.24) is 15.3 Å². The molecule has 0 aliphatic carbocycles. The number of aromatic nitrogens is 2. The van der Waals surface area contributed by atoms with Crippen LogP contribution in [-0.4, -0.2) is 27.9 Å². The number of hydrogen-bond acceptors (Lipinski definition) is 4. The first-order valence-electron chi connectivity index (χ1n) is 9.24. The van der Waals surface area contributed by atoms with Crippen LogP contribution in [0.2, 0.25) is 0 Å². The van der Waals surface area contributed by atoms with Gasteiger partial charge in [0.15, 0.2) is 5.76 Å². The van der Waals surface area contributed by atoms with Crippen LogP contribution in [0.3, 0.4) is 0 Å². The molecule has 2 heterocycles. The standard InChI is InChI=1S/C22H20FN3O2S/c1-29-13-12-18(21-24-16-4-2-3-5-17(16)25-21)26-22(27)20-11-10-19(28-20)14-6-8-15(23)9-7-14/h2-11,18H,12-13H2,1H3,(H,24,25)(H,26,27)/t18-/m1/s1. The van der Waals surface area contributed by atoms with Gasteiger partial charge in [-0.25, -0.2) is 9.37 Å². The fourth-order valence-electron chi connectivity index (χ4n) is 3.11. The number of aromatic amines is 1.